The molecule has 1 saturated carbocycles. The molecule has 0 aromatic heterocycles. The Labute approximate surface area is 230 Å². The van der Waals surface area contributed by atoms with Gasteiger partial charge in [-0.1, -0.05) is 133 Å². The van der Waals surface area contributed by atoms with Gasteiger partial charge < -0.3 is 0 Å². The summed E-state index contributed by atoms with van der Waals surface area (Å²) in [5.41, 5.74) is 5.27. The minimum atomic E-state index is 0.758. The van der Waals surface area contributed by atoms with E-state index in [1.54, 1.807) is 0 Å². The molecule has 202 valence electrons. The molecule has 3 rings (SSSR count). The lowest BCUT2D eigenvalue weighted by molar-refractivity contribution is 0.302. The van der Waals surface area contributed by atoms with Gasteiger partial charge in [-0.25, -0.2) is 0 Å². The van der Waals surface area contributed by atoms with E-state index in [1.807, 2.05) is 0 Å². The van der Waals surface area contributed by atoms with Gasteiger partial charge >= 0.3 is 0 Å². The fraction of sp³-hybridized carbons (Fsp3) is 0.622. The lowest BCUT2D eigenvalue weighted by atomic mass is 9.77. The van der Waals surface area contributed by atoms with Gasteiger partial charge in [0.25, 0.3) is 0 Å². The number of allylic oxidation sites excluding steroid dienone is 6. The second-order valence-corrected chi connectivity index (χ2v) is 11.7. The van der Waals surface area contributed by atoms with E-state index in [0.29, 0.717) is 0 Å². The zero-order valence-corrected chi connectivity index (χ0v) is 24.2. The first-order chi connectivity index (χ1) is 18.3. The minimum Gasteiger partial charge on any atom is -0.0810 e. The average Bonchev–Trinajstić information content (AvgIpc) is 2.94. The van der Waals surface area contributed by atoms with Crippen LogP contribution >= 0.6 is 0 Å². The molecular weight excluding hydrogens is 444 g/mol. The van der Waals surface area contributed by atoms with Gasteiger partial charge in [-0.15, -0.1) is 0 Å². The van der Waals surface area contributed by atoms with Crippen LogP contribution in [0.2, 0.25) is 0 Å². The van der Waals surface area contributed by atoms with Gasteiger partial charge in [-0.2, -0.15) is 0 Å². The van der Waals surface area contributed by atoms with Crippen molar-refractivity contribution in [2.24, 2.45) is 5.92 Å². The zero-order chi connectivity index (χ0) is 26.0. The number of rotatable bonds is 15. The molecule has 0 N–H and O–H groups in total. The summed E-state index contributed by atoms with van der Waals surface area (Å²) in [6.07, 6.45) is 35.3. The highest BCUT2D eigenvalue weighted by atomic mass is 14.3. The SMILES string of the molecule is CCCCCCCCC=C1C=CC(C#Cc2ccc([C@H]3CC[C@H](CCCCCCCC)CC3)cc2)=CC1. The predicted molar refractivity (Wildman–Crippen MR) is 164 cm³/mol. The van der Waals surface area contributed by atoms with E-state index in [-0.39, 0.29) is 0 Å². The number of hydrogen-bond acceptors (Lipinski definition) is 0. The molecule has 0 saturated heterocycles. The van der Waals surface area contributed by atoms with Crippen molar-refractivity contribution in [3.8, 4) is 11.8 Å². The number of unbranched alkanes of at least 4 members (excludes halogenated alkanes) is 11. The van der Waals surface area contributed by atoms with E-state index in [9.17, 15) is 0 Å². The monoisotopic (exact) mass is 498 g/mol. The van der Waals surface area contributed by atoms with Crippen molar-refractivity contribution in [1.82, 2.24) is 0 Å². The topological polar surface area (TPSA) is 0 Å². The second kappa shape index (κ2) is 18.3. The maximum atomic E-state index is 3.40. The Hall–Kier alpha value is -2.00. The van der Waals surface area contributed by atoms with E-state index >= 15 is 0 Å². The molecule has 0 aliphatic heterocycles. The molecule has 1 fully saturated rings. The molecule has 2 aliphatic rings. The Kier molecular flexibility index (Phi) is 14.6. The number of hydrogen-bond donors (Lipinski definition) is 0. The summed E-state index contributed by atoms with van der Waals surface area (Å²) in [5, 5.41) is 0. The fourth-order valence-corrected chi connectivity index (χ4v) is 6.00. The van der Waals surface area contributed by atoms with Crippen molar-refractivity contribution in [2.45, 2.75) is 142 Å². The predicted octanol–water partition coefficient (Wildman–Crippen LogP) is 11.6. The summed E-state index contributed by atoms with van der Waals surface area (Å²) in [6, 6.07) is 9.17. The third-order valence-electron chi connectivity index (χ3n) is 8.54. The van der Waals surface area contributed by atoms with E-state index < -0.39 is 0 Å². The first kappa shape index (κ1) is 29.6. The van der Waals surface area contributed by atoms with Crippen molar-refractivity contribution >= 4 is 0 Å². The Morgan fingerprint density at radius 1 is 0.703 bits per heavy atom. The summed E-state index contributed by atoms with van der Waals surface area (Å²) in [7, 11) is 0. The maximum Gasteiger partial charge on any atom is 0.0249 e. The Morgan fingerprint density at radius 3 is 2.00 bits per heavy atom. The van der Waals surface area contributed by atoms with E-state index in [4.69, 9.17) is 0 Å². The molecule has 0 heteroatoms. The first-order valence-electron chi connectivity index (χ1n) is 16.0. The third kappa shape index (κ3) is 11.9. The molecule has 2 aliphatic carbocycles. The van der Waals surface area contributed by atoms with Gasteiger partial charge in [0.05, 0.1) is 0 Å². The van der Waals surface area contributed by atoms with Crippen LogP contribution in [0.15, 0.2) is 59.7 Å². The second-order valence-electron chi connectivity index (χ2n) is 11.7. The van der Waals surface area contributed by atoms with Gasteiger partial charge in [-0.3, -0.25) is 0 Å². The molecule has 0 spiro atoms. The van der Waals surface area contributed by atoms with Crippen LogP contribution < -0.4 is 0 Å². The first-order valence-corrected chi connectivity index (χ1v) is 16.0. The number of benzene rings is 1. The largest absolute Gasteiger partial charge is 0.0810 e. The van der Waals surface area contributed by atoms with Crippen LogP contribution in [0.4, 0.5) is 0 Å². The van der Waals surface area contributed by atoms with Crippen LogP contribution in [-0.2, 0) is 0 Å². The van der Waals surface area contributed by atoms with Crippen LogP contribution in [0.5, 0.6) is 0 Å². The highest BCUT2D eigenvalue weighted by molar-refractivity contribution is 5.49. The standard InChI is InChI=1S/C37H54/c1-3-5-7-9-11-13-15-16-32-18-20-34(21-19-32)22-23-35-26-30-37(31-27-35)36-28-24-33(25-29-36)17-14-12-10-8-6-4-2/h16,18,20-21,26-27,30-31,33,36H,3-15,17,19,24-25,28-29H2,1-2H3/t33-,36-. The zero-order valence-electron chi connectivity index (χ0n) is 24.2. The summed E-state index contributed by atoms with van der Waals surface area (Å²) >= 11 is 0. The van der Waals surface area contributed by atoms with E-state index in [1.165, 1.54) is 127 Å². The summed E-state index contributed by atoms with van der Waals surface area (Å²) in [4.78, 5) is 0. The van der Waals surface area contributed by atoms with Gasteiger partial charge in [0.2, 0.25) is 0 Å². The summed E-state index contributed by atoms with van der Waals surface area (Å²) in [5.74, 6) is 8.53. The van der Waals surface area contributed by atoms with Crippen LogP contribution in [0.3, 0.4) is 0 Å². The minimum absolute atomic E-state index is 0.758. The van der Waals surface area contributed by atoms with Gasteiger partial charge in [0, 0.05) is 11.1 Å². The highest BCUT2D eigenvalue weighted by Gasteiger charge is 2.21. The average molecular weight is 499 g/mol. The maximum absolute atomic E-state index is 3.40. The smallest absolute Gasteiger partial charge is 0.0249 e. The molecule has 1 aromatic rings. The van der Waals surface area contributed by atoms with E-state index in [2.05, 4.69) is 74.3 Å². The van der Waals surface area contributed by atoms with Crippen molar-refractivity contribution < 1.29 is 0 Å². The lowest BCUT2D eigenvalue weighted by Crippen LogP contribution is -2.13. The van der Waals surface area contributed by atoms with Crippen LogP contribution in [0, 0.1) is 17.8 Å². The van der Waals surface area contributed by atoms with Gasteiger partial charge in [0.1, 0.15) is 0 Å². The van der Waals surface area contributed by atoms with Gasteiger partial charge in [0.15, 0.2) is 0 Å². The van der Waals surface area contributed by atoms with Crippen LogP contribution in [0.25, 0.3) is 0 Å². The molecule has 37 heavy (non-hydrogen) atoms. The Bertz CT molecular complexity index is 890. The lowest BCUT2D eigenvalue weighted by Gasteiger charge is -2.29. The van der Waals surface area contributed by atoms with E-state index in [0.717, 1.165) is 29.4 Å². The third-order valence-corrected chi connectivity index (χ3v) is 8.54. The van der Waals surface area contributed by atoms with Gasteiger partial charge in [-0.05, 0) is 86.1 Å². The molecule has 0 bridgehead atoms. The normalized spacial score (nSPS) is 20.5. The van der Waals surface area contributed by atoms with Crippen molar-refractivity contribution in [3.05, 3.63) is 70.8 Å². The van der Waals surface area contributed by atoms with Crippen molar-refractivity contribution in [1.29, 1.82) is 0 Å². The molecule has 0 amide bonds. The highest BCUT2D eigenvalue weighted by Crippen LogP contribution is 2.37. The fourth-order valence-electron chi connectivity index (χ4n) is 6.00. The summed E-state index contributed by atoms with van der Waals surface area (Å²) in [6.45, 7) is 4.59. The van der Waals surface area contributed by atoms with Crippen molar-refractivity contribution in [2.75, 3.05) is 0 Å². The van der Waals surface area contributed by atoms with Crippen molar-refractivity contribution in [3.63, 3.8) is 0 Å². The summed E-state index contributed by atoms with van der Waals surface area (Å²) < 4.78 is 0. The molecule has 0 atom stereocenters. The molecular formula is C37H54. The van der Waals surface area contributed by atoms with Crippen LogP contribution in [0.1, 0.15) is 153 Å². The Balaban J connectivity index is 1.34. The molecule has 0 radical (unpaired) electrons. The quantitative estimate of drug-likeness (QED) is 0.167. The Morgan fingerprint density at radius 2 is 1.35 bits per heavy atom. The molecule has 0 unspecified atom stereocenters. The van der Waals surface area contributed by atoms with Crippen LogP contribution in [-0.4, -0.2) is 0 Å². The molecule has 0 heterocycles. The molecule has 1 aromatic carbocycles. The molecule has 0 nitrogen and oxygen atoms in total.